The van der Waals surface area contributed by atoms with Gasteiger partial charge in [-0.1, -0.05) is 159 Å². The molecule has 0 N–H and O–H groups in total. The maximum atomic E-state index is 15.0. The van der Waals surface area contributed by atoms with E-state index in [4.69, 9.17) is 0 Å². The Morgan fingerprint density at radius 3 is 0.953 bits per heavy atom. The summed E-state index contributed by atoms with van der Waals surface area (Å²) in [6, 6.07) is 86.8. The summed E-state index contributed by atoms with van der Waals surface area (Å²) in [6.45, 7) is 8.06. The highest BCUT2D eigenvalue weighted by Crippen LogP contribution is 2.60. The Hall–Kier alpha value is -10.3. The molecule has 2 unspecified atom stereocenters. The largest absolute Gasteiger partial charge is 0.310 e. The van der Waals surface area contributed by atoms with Crippen LogP contribution in [0.1, 0.15) is 55.6 Å². The summed E-state index contributed by atoms with van der Waals surface area (Å²) in [6.07, 6.45) is 3.67. The molecule has 0 aliphatic heterocycles. The smallest absolute Gasteiger partial charge is 0.123 e. The first-order valence-corrected chi connectivity index (χ1v) is 29.0. The minimum atomic E-state index is -0.841. The molecule has 7 heteroatoms. The number of nitrogens with zero attached hydrogens (tertiary/aromatic N) is 2. The van der Waals surface area contributed by atoms with Gasteiger partial charge in [0.1, 0.15) is 23.3 Å². The molecule has 0 amide bonds. The minimum absolute atomic E-state index is 0.318. The van der Waals surface area contributed by atoms with Crippen molar-refractivity contribution < 1.29 is 17.6 Å². The summed E-state index contributed by atoms with van der Waals surface area (Å²) in [5, 5.41) is 2.04. The molecule has 2 aliphatic carbocycles. The van der Waals surface area contributed by atoms with Gasteiger partial charge in [0.25, 0.3) is 0 Å². The monoisotopic (exact) mass is 1120 g/mol. The molecule has 12 aromatic carbocycles. The third-order valence-electron chi connectivity index (χ3n) is 17.4. The molecular formula is C78H50F4N2S. The summed E-state index contributed by atoms with van der Waals surface area (Å²) in [7, 11) is 0. The average Bonchev–Trinajstić information content (AvgIpc) is 1.77. The number of thiophene rings is 1. The summed E-state index contributed by atoms with van der Waals surface area (Å²) >= 11 is 1.70. The molecule has 15 rings (SSSR count). The Morgan fingerprint density at radius 2 is 0.588 bits per heavy atom. The van der Waals surface area contributed by atoms with Gasteiger partial charge < -0.3 is 9.80 Å². The quantitative estimate of drug-likeness (QED) is 0.113. The van der Waals surface area contributed by atoms with Crippen molar-refractivity contribution in [1.29, 1.82) is 0 Å². The zero-order valence-electron chi connectivity index (χ0n) is 45.8. The van der Waals surface area contributed by atoms with E-state index in [1.54, 1.807) is 11.3 Å². The normalized spacial score (nSPS) is 15.5. The maximum absolute atomic E-state index is 15.0. The van der Waals surface area contributed by atoms with Crippen molar-refractivity contribution in [2.75, 3.05) is 9.80 Å². The summed E-state index contributed by atoms with van der Waals surface area (Å²) in [5.41, 5.74) is 17.6. The van der Waals surface area contributed by atoms with Gasteiger partial charge in [0, 0.05) is 54.3 Å². The van der Waals surface area contributed by atoms with Gasteiger partial charge in [0.2, 0.25) is 0 Å². The van der Waals surface area contributed by atoms with E-state index in [0.717, 1.165) is 132 Å². The fourth-order valence-corrected chi connectivity index (χ4v) is 14.7. The molecule has 0 radical (unpaired) electrons. The first-order chi connectivity index (χ1) is 41.6. The van der Waals surface area contributed by atoms with Crippen LogP contribution in [0.25, 0.3) is 54.6 Å². The lowest BCUT2D eigenvalue weighted by atomic mass is 9.67. The molecular weight excluding hydrogens is 1070 g/mol. The second kappa shape index (κ2) is 20.2. The Morgan fingerprint density at radius 1 is 0.294 bits per heavy atom. The van der Waals surface area contributed by atoms with E-state index in [0.29, 0.717) is 0 Å². The van der Waals surface area contributed by atoms with Crippen LogP contribution in [-0.2, 0) is 10.8 Å². The number of rotatable bonds is 12. The maximum Gasteiger partial charge on any atom is 0.123 e. The molecule has 0 spiro atoms. The van der Waals surface area contributed by atoms with Crippen LogP contribution < -0.4 is 9.80 Å². The zero-order chi connectivity index (χ0) is 57.6. The summed E-state index contributed by atoms with van der Waals surface area (Å²) in [4.78, 5) is 4.36. The van der Waals surface area contributed by atoms with Crippen LogP contribution in [0.2, 0.25) is 0 Å². The van der Waals surface area contributed by atoms with E-state index in [2.05, 4.69) is 193 Å². The van der Waals surface area contributed by atoms with Crippen LogP contribution in [-0.4, -0.2) is 0 Å². The molecule has 2 atom stereocenters. The van der Waals surface area contributed by atoms with Gasteiger partial charge in [-0.15, -0.1) is 11.3 Å². The first-order valence-electron chi connectivity index (χ1n) is 28.2. The van der Waals surface area contributed by atoms with E-state index >= 15 is 8.78 Å². The van der Waals surface area contributed by atoms with Gasteiger partial charge >= 0.3 is 0 Å². The van der Waals surface area contributed by atoms with Crippen molar-refractivity contribution in [1.82, 2.24) is 0 Å². The highest BCUT2D eigenvalue weighted by Gasteiger charge is 2.48. The predicted molar refractivity (Wildman–Crippen MR) is 343 cm³/mol. The molecule has 85 heavy (non-hydrogen) atoms. The van der Waals surface area contributed by atoms with Gasteiger partial charge in [0.05, 0.1) is 10.8 Å². The predicted octanol–water partition coefficient (Wildman–Crippen LogP) is 21.6. The van der Waals surface area contributed by atoms with E-state index < -0.39 is 10.8 Å². The van der Waals surface area contributed by atoms with Crippen LogP contribution in [0.15, 0.2) is 280 Å². The van der Waals surface area contributed by atoms with Crippen molar-refractivity contribution in [2.45, 2.75) is 10.8 Å². The molecule has 2 nitrogen and oxygen atoms in total. The minimum Gasteiger partial charge on any atom is -0.310 e. The van der Waals surface area contributed by atoms with Crippen molar-refractivity contribution in [3.8, 4) is 22.3 Å². The lowest BCUT2D eigenvalue weighted by Gasteiger charge is -2.35. The number of halogens is 4. The summed E-state index contributed by atoms with van der Waals surface area (Å²) < 4.78 is 62.1. The molecule has 0 bridgehead atoms. The van der Waals surface area contributed by atoms with Gasteiger partial charge in [-0.3, -0.25) is 0 Å². The van der Waals surface area contributed by atoms with Crippen molar-refractivity contribution in [3.05, 3.63) is 359 Å². The standard InChI is InChI=1S/C78H50F4N2S/c1-3-49-13-17-51(18-14-49)77(53-21-25-55(79)26-22-53)71-11-7-5-9-65(71)67-41-37-63(47-73(67)77)83(59-33-29-57(81)30-34-59)61-39-43-75-69(45-61)70-46-62(40-44-76(70)85-75)84(60-35-31-58(82)32-36-60)64-38-42-68-66-10-6-8-12-72(66)78(74(68)48-64,54-23-27-56(80)28-24-54)52-19-15-50(4-2)16-20-52/h3-48H,1-2H2. The fraction of sp³-hybridized carbons (Fsp3) is 0.0256. The SMILES string of the molecule is C=Cc1ccc(C2(c3ccc(F)cc3)c3ccccc3-c3ccc(N(c4ccc(F)cc4)c4ccc5sc6ccc(N(c7ccc(F)cc7)c7ccc8c(c7)C(c7ccc(F)cc7)(c7ccc(C=C)cc7)c7ccccc7-8)cc6c5c4)cc32)cc1. The summed E-state index contributed by atoms with van der Waals surface area (Å²) in [5.74, 6) is -1.33. The van der Waals surface area contributed by atoms with Crippen LogP contribution >= 0.6 is 11.3 Å². The van der Waals surface area contributed by atoms with E-state index in [9.17, 15) is 8.78 Å². The molecule has 1 aromatic heterocycles. The molecule has 0 saturated heterocycles. The molecule has 2 aliphatic rings. The van der Waals surface area contributed by atoms with Crippen LogP contribution in [0.5, 0.6) is 0 Å². The topological polar surface area (TPSA) is 6.48 Å². The average molecular weight is 1120 g/mol. The fourth-order valence-electron chi connectivity index (χ4n) is 13.6. The molecule has 0 saturated carbocycles. The molecule has 406 valence electrons. The van der Waals surface area contributed by atoms with Gasteiger partial charge in [-0.05, 0) is 211 Å². The van der Waals surface area contributed by atoms with Gasteiger partial charge in [-0.2, -0.15) is 0 Å². The van der Waals surface area contributed by atoms with E-state index in [1.807, 2.05) is 60.7 Å². The second-order valence-corrected chi connectivity index (χ2v) is 22.9. The second-order valence-electron chi connectivity index (χ2n) is 21.8. The third-order valence-corrected chi connectivity index (χ3v) is 18.6. The number of benzene rings is 12. The Balaban J connectivity index is 0.912. The number of anilines is 6. The number of fused-ring (bicyclic) bond motifs is 9. The van der Waals surface area contributed by atoms with Crippen LogP contribution in [0.4, 0.5) is 51.7 Å². The zero-order valence-corrected chi connectivity index (χ0v) is 46.6. The van der Waals surface area contributed by atoms with Crippen LogP contribution in [0.3, 0.4) is 0 Å². The highest BCUT2D eigenvalue weighted by molar-refractivity contribution is 7.25. The third kappa shape index (κ3) is 8.13. The lowest BCUT2D eigenvalue weighted by molar-refractivity contribution is 0.624. The Bertz CT molecular complexity index is 4480. The van der Waals surface area contributed by atoms with Crippen molar-refractivity contribution in [3.63, 3.8) is 0 Å². The van der Waals surface area contributed by atoms with E-state index in [-0.39, 0.29) is 23.3 Å². The molecule has 0 fully saturated rings. The van der Waals surface area contributed by atoms with Crippen LogP contribution in [0, 0.1) is 23.3 Å². The van der Waals surface area contributed by atoms with E-state index in [1.165, 1.54) is 48.5 Å². The van der Waals surface area contributed by atoms with Crippen molar-refractivity contribution in [2.24, 2.45) is 0 Å². The number of hydrogen-bond acceptors (Lipinski definition) is 3. The van der Waals surface area contributed by atoms with Gasteiger partial charge in [0.15, 0.2) is 0 Å². The Labute approximate surface area is 494 Å². The molecule has 1 heterocycles. The van der Waals surface area contributed by atoms with Gasteiger partial charge in [-0.25, -0.2) is 17.6 Å². The molecule has 13 aromatic rings. The number of hydrogen-bond donors (Lipinski definition) is 0. The lowest BCUT2D eigenvalue weighted by Crippen LogP contribution is -2.29. The Kier molecular flexibility index (Phi) is 12.3. The first kappa shape index (κ1) is 51.5. The highest BCUT2D eigenvalue weighted by atomic mass is 32.1. The van der Waals surface area contributed by atoms with Crippen molar-refractivity contribution >= 4 is 77.8 Å².